The Morgan fingerprint density at radius 1 is 1.00 bits per heavy atom. The van der Waals surface area contributed by atoms with Crippen LogP contribution in [0.1, 0.15) is 49.1 Å². The van der Waals surface area contributed by atoms with Crippen molar-refractivity contribution in [3.63, 3.8) is 0 Å². The van der Waals surface area contributed by atoms with E-state index >= 15 is 0 Å². The molecule has 0 spiro atoms. The van der Waals surface area contributed by atoms with Crippen LogP contribution in [0.2, 0.25) is 5.02 Å². The lowest BCUT2D eigenvalue weighted by Crippen LogP contribution is -2.07. The van der Waals surface area contributed by atoms with Gasteiger partial charge in [0.05, 0.1) is 16.3 Å². The molecule has 2 nitrogen and oxygen atoms in total. The van der Waals surface area contributed by atoms with Crippen molar-refractivity contribution in [2.45, 2.75) is 44.2 Å². The fraction of sp³-hybridized carbons (Fsp3) is 0.368. The van der Waals surface area contributed by atoms with Gasteiger partial charge in [0.25, 0.3) is 0 Å². The summed E-state index contributed by atoms with van der Waals surface area (Å²) in [5.74, 6) is 0.518. The molecule has 0 bridgehead atoms. The smallest absolute Gasteiger partial charge is 0.399 e. The molecule has 3 N–H and O–H groups in total. The summed E-state index contributed by atoms with van der Waals surface area (Å²) in [7, 11) is 0. The number of hydrogen-bond acceptors (Lipinski definition) is 2. The number of rotatable bonds is 3. The molecule has 0 radical (unpaired) electrons. The summed E-state index contributed by atoms with van der Waals surface area (Å²) in [6.07, 6.45) is 1.61. The molecule has 134 valence electrons. The second-order valence-corrected chi connectivity index (χ2v) is 6.95. The third kappa shape index (κ3) is 4.40. The van der Waals surface area contributed by atoms with E-state index in [2.05, 4.69) is 5.32 Å². The highest BCUT2D eigenvalue weighted by Crippen LogP contribution is 2.37. The van der Waals surface area contributed by atoms with Gasteiger partial charge in [0.2, 0.25) is 0 Å². The summed E-state index contributed by atoms with van der Waals surface area (Å²) in [5, 5.41) is 3.44. The number of benzene rings is 2. The lowest BCUT2D eigenvalue weighted by atomic mass is 9.84. The fourth-order valence-corrected chi connectivity index (χ4v) is 3.60. The van der Waals surface area contributed by atoms with Crippen molar-refractivity contribution < 1.29 is 13.2 Å². The van der Waals surface area contributed by atoms with Crippen LogP contribution in [0, 0.1) is 0 Å². The van der Waals surface area contributed by atoms with Crippen molar-refractivity contribution in [3.8, 4) is 0 Å². The van der Waals surface area contributed by atoms with Crippen LogP contribution in [0.3, 0.4) is 0 Å². The predicted molar refractivity (Wildman–Crippen MR) is 96.4 cm³/mol. The van der Waals surface area contributed by atoms with Crippen molar-refractivity contribution in [3.05, 3.63) is 52.5 Å². The van der Waals surface area contributed by atoms with Gasteiger partial charge in [-0.3, -0.25) is 0 Å². The summed E-state index contributed by atoms with van der Waals surface area (Å²) >= 11 is 6.35. The molecule has 1 aliphatic rings. The topological polar surface area (TPSA) is 38.0 Å². The third-order valence-corrected chi connectivity index (χ3v) is 4.94. The highest BCUT2D eigenvalue weighted by Gasteiger charge is 2.31. The number of alkyl halides is 3. The molecule has 2 aromatic rings. The quantitative estimate of drug-likeness (QED) is 0.589. The van der Waals surface area contributed by atoms with E-state index in [-0.39, 0.29) is 11.4 Å². The van der Waals surface area contributed by atoms with E-state index in [1.54, 1.807) is 0 Å². The molecule has 0 atom stereocenters. The Labute approximate surface area is 150 Å². The summed E-state index contributed by atoms with van der Waals surface area (Å²) in [5.41, 5.74) is 6.88. The van der Waals surface area contributed by atoms with Crippen LogP contribution >= 0.6 is 11.6 Å². The Balaban J connectivity index is 1.82. The van der Waals surface area contributed by atoms with Crippen LogP contribution in [0.5, 0.6) is 0 Å². The van der Waals surface area contributed by atoms with Crippen molar-refractivity contribution in [2.75, 3.05) is 11.1 Å². The number of nitrogens with two attached hydrogens (primary N) is 1. The molecule has 3 rings (SSSR count). The first-order valence-corrected chi connectivity index (χ1v) is 8.75. The summed E-state index contributed by atoms with van der Waals surface area (Å²) < 4.78 is 38.7. The molecule has 6 heteroatoms. The van der Waals surface area contributed by atoms with Crippen molar-refractivity contribution in [1.82, 2.24) is 0 Å². The lowest BCUT2D eigenvalue weighted by molar-refractivity contribution is -0.137. The van der Waals surface area contributed by atoms with Crippen molar-refractivity contribution in [2.24, 2.45) is 0 Å². The highest BCUT2D eigenvalue weighted by atomic mass is 35.5. The zero-order valence-corrected chi connectivity index (χ0v) is 14.4. The third-order valence-electron chi connectivity index (χ3n) is 4.63. The van der Waals surface area contributed by atoms with Crippen LogP contribution in [0.25, 0.3) is 0 Å². The summed E-state index contributed by atoms with van der Waals surface area (Å²) in [6, 6.07) is 9.14. The van der Waals surface area contributed by atoms with Gasteiger partial charge in [-0.25, -0.2) is 0 Å². The molecule has 0 aromatic heterocycles. The maximum Gasteiger partial charge on any atom is 0.416 e. The van der Waals surface area contributed by atoms with Gasteiger partial charge < -0.3 is 11.1 Å². The normalized spacial score (nSPS) is 16.0. The Morgan fingerprint density at radius 3 is 2.36 bits per heavy atom. The van der Waals surface area contributed by atoms with Crippen LogP contribution in [0.15, 0.2) is 36.4 Å². The second kappa shape index (κ2) is 7.16. The molecule has 0 aliphatic heterocycles. The zero-order chi connectivity index (χ0) is 18.0. The summed E-state index contributed by atoms with van der Waals surface area (Å²) in [6.45, 7) is 0. The van der Waals surface area contributed by atoms with E-state index in [4.69, 9.17) is 17.3 Å². The van der Waals surface area contributed by atoms with Gasteiger partial charge >= 0.3 is 6.18 Å². The first kappa shape index (κ1) is 17.9. The largest absolute Gasteiger partial charge is 0.416 e. The van der Waals surface area contributed by atoms with Gasteiger partial charge in [-0.15, -0.1) is 0 Å². The highest BCUT2D eigenvalue weighted by molar-refractivity contribution is 6.33. The van der Waals surface area contributed by atoms with E-state index < -0.39 is 11.7 Å². The number of hydrogen-bond donors (Lipinski definition) is 2. The van der Waals surface area contributed by atoms with Crippen LogP contribution in [-0.4, -0.2) is 0 Å². The van der Waals surface area contributed by atoms with E-state index in [0.717, 1.165) is 25.0 Å². The molecule has 0 saturated heterocycles. The van der Waals surface area contributed by atoms with Crippen LogP contribution in [0.4, 0.5) is 30.2 Å². The van der Waals surface area contributed by atoms with E-state index in [1.807, 2.05) is 18.2 Å². The molecule has 1 aliphatic carbocycles. The Morgan fingerprint density at radius 2 is 1.72 bits per heavy atom. The average Bonchev–Trinajstić information content (AvgIpc) is 2.56. The number of halogens is 4. The van der Waals surface area contributed by atoms with Crippen LogP contribution < -0.4 is 11.1 Å². The number of nitrogen functional groups attached to an aromatic ring is 1. The average molecular weight is 369 g/mol. The van der Waals surface area contributed by atoms with Crippen molar-refractivity contribution >= 4 is 28.7 Å². The lowest BCUT2D eigenvalue weighted by Gasteiger charge is -2.22. The minimum atomic E-state index is -4.44. The Bertz CT molecular complexity index is 753. The second-order valence-electron chi connectivity index (χ2n) is 6.54. The number of nitrogens with one attached hydrogen (secondary N) is 1. The summed E-state index contributed by atoms with van der Waals surface area (Å²) in [4.78, 5) is 0. The van der Waals surface area contributed by atoms with E-state index in [9.17, 15) is 13.2 Å². The zero-order valence-electron chi connectivity index (χ0n) is 13.7. The molecule has 1 saturated carbocycles. The van der Waals surface area contributed by atoms with E-state index in [0.29, 0.717) is 16.6 Å². The minimum Gasteiger partial charge on any atom is -0.399 e. The van der Waals surface area contributed by atoms with E-state index in [1.165, 1.54) is 30.9 Å². The maximum atomic E-state index is 12.9. The van der Waals surface area contributed by atoms with Crippen LogP contribution in [-0.2, 0) is 6.18 Å². The van der Waals surface area contributed by atoms with Gasteiger partial charge in [0.15, 0.2) is 0 Å². The first-order chi connectivity index (χ1) is 11.8. The van der Waals surface area contributed by atoms with Gasteiger partial charge in [0.1, 0.15) is 0 Å². The molecule has 1 fully saturated rings. The predicted octanol–water partition coefficient (Wildman–Crippen LogP) is 6.73. The van der Waals surface area contributed by atoms with Gasteiger partial charge in [-0.1, -0.05) is 36.9 Å². The van der Waals surface area contributed by atoms with Gasteiger partial charge in [-0.2, -0.15) is 13.2 Å². The SMILES string of the molecule is Nc1cc(Nc2ccc(C3CCCCC3)cc2Cl)cc(C(F)(F)F)c1. The monoisotopic (exact) mass is 368 g/mol. The molecule has 25 heavy (non-hydrogen) atoms. The molecule has 0 heterocycles. The Hall–Kier alpha value is -1.88. The number of anilines is 3. The molecule has 2 aromatic carbocycles. The molecular formula is C19H20ClF3N2. The van der Waals surface area contributed by atoms with Crippen molar-refractivity contribution in [1.29, 1.82) is 0 Å². The molecular weight excluding hydrogens is 349 g/mol. The first-order valence-electron chi connectivity index (χ1n) is 8.37. The van der Waals surface area contributed by atoms with Gasteiger partial charge in [-0.05, 0) is 54.7 Å². The maximum absolute atomic E-state index is 12.9. The van der Waals surface area contributed by atoms with Gasteiger partial charge in [0, 0.05) is 11.4 Å². The fourth-order valence-electron chi connectivity index (χ4n) is 3.37. The standard InChI is InChI=1S/C19H20ClF3N2/c20-17-8-13(12-4-2-1-3-5-12)6-7-18(17)25-16-10-14(19(21,22)23)9-15(24)11-16/h6-12,25H,1-5,24H2. The Kier molecular flexibility index (Phi) is 5.13. The molecule has 0 unspecified atom stereocenters. The molecule has 0 amide bonds. The minimum absolute atomic E-state index is 0.0484.